The summed E-state index contributed by atoms with van der Waals surface area (Å²) in [6, 6.07) is 9.46. The van der Waals surface area contributed by atoms with Gasteiger partial charge in [0.05, 0.1) is 21.3 Å². The molecular formula is C19H22N2O5S. The average molecular weight is 390 g/mol. The molecule has 0 fully saturated rings. The highest BCUT2D eigenvalue weighted by Crippen LogP contribution is 2.34. The minimum Gasteiger partial charge on any atom is -0.496 e. The SMILES string of the molecule is COc1cc(OC)c(OC)cc1CNC(=S)NCc1ccc2c(c1)OCO2. The molecule has 2 N–H and O–H groups in total. The van der Waals surface area contributed by atoms with Gasteiger partial charge in [-0.15, -0.1) is 0 Å². The molecule has 27 heavy (non-hydrogen) atoms. The molecular weight excluding hydrogens is 368 g/mol. The van der Waals surface area contributed by atoms with Gasteiger partial charge in [0.2, 0.25) is 6.79 Å². The van der Waals surface area contributed by atoms with Crippen molar-refractivity contribution >= 4 is 17.3 Å². The van der Waals surface area contributed by atoms with Gasteiger partial charge in [0.15, 0.2) is 28.1 Å². The van der Waals surface area contributed by atoms with Crippen LogP contribution in [0.1, 0.15) is 11.1 Å². The lowest BCUT2D eigenvalue weighted by Crippen LogP contribution is -2.34. The van der Waals surface area contributed by atoms with Crippen molar-refractivity contribution in [3.63, 3.8) is 0 Å². The molecule has 144 valence electrons. The summed E-state index contributed by atoms with van der Waals surface area (Å²) in [7, 11) is 4.80. The standard InChI is InChI=1S/C19H22N2O5S/c1-22-15-8-17(24-3)16(23-2)7-13(15)10-21-19(27)20-9-12-4-5-14-18(6-12)26-11-25-14/h4-8H,9-11H2,1-3H3,(H2,20,21,27). The number of hydrogen-bond donors (Lipinski definition) is 2. The molecule has 1 aliphatic heterocycles. The molecule has 0 spiro atoms. The number of thiocarbonyl (C=S) groups is 1. The van der Waals surface area contributed by atoms with E-state index >= 15 is 0 Å². The number of ether oxygens (including phenoxy) is 5. The van der Waals surface area contributed by atoms with Gasteiger partial charge in [0.1, 0.15) is 5.75 Å². The summed E-state index contributed by atoms with van der Waals surface area (Å²) in [6.07, 6.45) is 0. The van der Waals surface area contributed by atoms with Crippen molar-refractivity contribution in [2.45, 2.75) is 13.1 Å². The van der Waals surface area contributed by atoms with Gasteiger partial charge in [-0.2, -0.15) is 0 Å². The predicted molar refractivity (Wildman–Crippen MR) is 105 cm³/mol. The van der Waals surface area contributed by atoms with Gasteiger partial charge in [-0.3, -0.25) is 0 Å². The molecule has 0 atom stereocenters. The number of fused-ring (bicyclic) bond motifs is 1. The van der Waals surface area contributed by atoms with E-state index in [9.17, 15) is 0 Å². The lowest BCUT2D eigenvalue weighted by atomic mass is 10.1. The van der Waals surface area contributed by atoms with E-state index in [1.807, 2.05) is 24.3 Å². The van der Waals surface area contributed by atoms with Gasteiger partial charge in [-0.1, -0.05) is 6.07 Å². The van der Waals surface area contributed by atoms with Crippen LogP contribution in [0.2, 0.25) is 0 Å². The zero-order valence-corrected chi connectivity index (χ0v) is 16.3. The highest BCUT2D eigenvalue weighted by atomic mass is 32.1. The first-order chi connectivity index (χ1) is 13.1. The van der Waals surface area contributed by atoms with E-state index in [0.29, 0.717) is 35.5 Å². The molecule has 0 aromatic heterocycles. The number of nitrogens with one attached hydrogen (secondary N) is 2. The Balaban J connectivity index is 1.57. The monoisotopic (exact) mass is 390 g/mol. The maximum absolute atomic E-state index is 5.43. The molecule has 0 amide bonds. The van der Waals surface area contributed by atoms with Crippen molar-refractivity contribution in [2.75, 3.05) is 28.1 Å². The van der Waals surface area contributed by atoms with Crippen molar-refractivity contribution in [3.05, 3.63) is 41.5 Å². The van der Waals surface area contributed by atoms with Gasteiger partial charge in [-0.05, 0) is 36.0 Å². The molecule has 2 aromatic rings. The first-order valence-corrected chi connectivity index (χ1v) is 8.74. The smallest absolute Gasteiger partial charge is 0.231 e. The minimum absolute atomic E-state index is 0.263. The third kappa shape index (κ3) is 4.46. The molecule has 0 saturated heterocycles. The number of hydrogen-bond acceptors (Lipinski definition) is 6. The lowest BCUT2D eigenvalue weighted by Gasteiger charge is -2.16. The maximum Gasteiger partial charge on any atom is 0.231 e. The summed E-state index contributed by atoms with van der Waals surface area (Å²) in [5.41, 5.74) is 1.95. The number of benzene rings is 2. The first-order valence-electron chi connectivity index (χ1n) is 8.33. The van der Waals surface area contributed by atoms with E-state index in [1.165, 1.54) is 0 Å². The number of methoxy groups -OCH3 is 3. The second-order valence-electron chi connectivity index (χ2n) is 5.74. The fraction of sp³-hybridized carbons (Fsp3) is 0.316. The fourth-order valence-corrected chi connectivity index (χ4v) is 2.85. The van der Waals surface area contributed by atoms with E-state index in [1.54, 1.807) is 27.4 Å². The number of rotatable bonds is 7. The van der Waals surface area contributed by atoms with Crippen molar-refractivity contribution < 1.29 is 23.7 Å². The Bertz CT molecular complexity index is 828. The Morgan fingerprint density at radius 1 is 0.889 bits per heavy atom. The normalized spacial score (nSPS) is 11.7. The Morgan fingerprint density at radius 2 is 1.56 bits per heavy atom. The molecule has 0 bridgehead atoms. The van der Waals surface area contributed by atoms with E-state index in [0.717, 1.165) is 22.6 Å². The van der Waals surface area contributed by atoms with Crippen molar-refractivity contribution in [1.82, 2.24) is 10.6 Å². The average Bonchev–Trinajstić information content (AvgIpc) is 3.17. The summed E-state index contributed by atoms with van der Waals surface area (Å²) < 4.78 is 26.8. The van der Waals surface area contributed by atoms with Crippen LogP contribution < -0.4 is 34.3 Å². The van der Waals surface area contributed by atoms with Gasteiger partial charge >= 0.3 is 0 Å². The first kappa shape index (κ1) is 18.9. The third-order valence-corrected chi connectivity index (χ3v) is 4.40. The van der Waals surface area contributed by atoms with Crippen LogP contribution in [0.3, 0.4) is 0 Å². The van der Waals surface area contributed by atoms with Crippen LogP contribution in [0, 0.1) is 0 Å². The van der Waals surface area contributed by atoms with E-state index in [4.69, 9.17) is 35.9 Å². The third-order valence-electron chi connectivity index (χ3n) is 4.12. The highest BCUT2D eigenvalue weighted by Gasteiger charge is 2.14. The molecule has 3 rings (SSSR count). The molecule has 2 aromatic carbocycles. The topological polar surface area (TPSA) is 70.2 Å². The lowest BCUT2D eigenvalue weighted by molar-refractivity contribution is 0.174. The summed E-state index contributed by atoms with van der Waals surface area (Å²) in [6.45, 7) is 1.32. The highest BCUT2D eigenvalue weighted by molar-refractivity contribution is 7.80. The second-order valence-corrected chi connectivity index (χ2v) is 6.15. The van der Waals surface area contributed by atoms with Crippen molar-refractivity contribution in [3.8, 4) is 28.7 Å². The van der Waals surface area contributed by atoms with Crippen molar-refractivity contribution in [1.29, 1.82) is 0 Å². The molecule has 8 heteroatoms. The van der Waals surface area contributed by atoms with Gasteiger partial charge in [0, 0.05) is 24.7 Å². The predicted octanol–water partition coefficient (Wildman–Crippen LogP) is 2.61. The largest absolute Gasteiger partial charge is 0.496 e. The summed E-state index contributed by atoms with van der Waals surface area (Å²) in [4.78, 5) is 0. The van der Waals surface area contributed by atoms with E-state index in [-0.39, 0.29) is 6.79 Å². The Kier molecular flexibility index (Phi) is 6.08. The summed E-state index contributed by atoms with van der Waals surface area (Å²) in [5, 5.41) is 6.88. The Labute approximate surface area is 163 Å². The molecule has 0 aliphatic carbocycles. The van der Waals surface area contributed by atoms with Crippen LogP contribution in [-0.2, 0) is 13.1 Å². The minimum atomic E-state index is 0.263. The maximum atomic E-state index is 5.43. The molecule has 7 nitrogen and oxygen atoms in total. The molecule has 0 unspecified atom stereocenters. The molecule has 1 aliphatic rings. The van der Waals surface area contributed by atoms with Crippen LogP contribution >= 0.6 is 12.2 Å². The van der Waals surface area contributed by atoms with Crippen LogP contribution in [0.25, 0.3) is 0 Å². The summed E-state index contributed by atoms with van der Waals surface area (Å²) >= 11 is 5.37. The molecule has 1 heterocycles. The Hall–Kier alpha value is -2.87. The van der Waals surface area contributed by atoms with Crippen molar-refractivity contribution in [2.24, 2.45) is 0 Å². The van der Waals surface area contributed by atoms with E-state index in [2.05, 4.69) is 10.6 Å². The van der Waals surface area contributed by atoms with Crippen LogP contribution in [0.15, 0.2) is 30.3 Å². The Morgan fingerprint density at radius 3 is 2.30 bits per heavy atom. The van der Waals surface area contributed by atoms with Crippen LogP contribution in [0.4, 0.5) is 0 Å². The molecule has 0 radical (unpaired) electrons. The van der Waals surface area contributed by atoms with E-state index < -0.39 is 0 Å². The molecule has 0 saturated carbocycles. The fourth-order valence-electron chi connectivity index (χ4n) is 2.70. The van der Waals surface area contributed by atoms with Crippen LogP contribution in [0.5, 0.6) is 28.7 Å². The second kappa shape index (κ2) is 8.68. The zero-order chi connectivity index (χ0) is 19.2. The van der Waals surface area contributed by atoms with Gasteiger partial charge in [-0.25, -0.2) is 0 Å². The van der Waals surface area contributed by atoms with Gasteiger partial charge < -0.3 is 34.3 Å². The van der Waals surface area contributed by atoms with Crippen LogP contribution in [-0.4, -0.2) is 33.2 Å². The van der Waals surface area contributed by atoms with Gasteiger partial charge in [0.25, 0.3) is 0 Å². The summed E-state index contributed by atoms with van der Waals surface area (Å²) in [5.74, 6) is 3.46. The zero-order valence-electron chi connectivity index (χ0n) is 15.5. The quantitative estimate of drug-likeness (QED) is 0.700.